The standard InChI is InChI=1S/C42H81N9O3/c1-19-22-52-49-37(4,5)25-31(26-38(49,6)7)46(16)34-43-35(47(17)32-27-39(8,9)50(53-23-20-2)40(10,11)28-32)45-36(44-34)48(18)33-29-41(12,13)51(54-24-21-3)42(14,15)30-33/h31-33H,19-30H2,1-18H3. The Morgan fingerprint density at radius 3 is 0.778 bits per heavy atom. The Morgan fingerprint density at radius 2 is 0.611 bits per heavy atom. The highest BCUT2D eigenvalue weighted by molar-refractivity contribution is 5.48. The summed E-state index contributed by atoms with van der Waals surface area (Å²) >= 11 is 0. The number of rotatable bonds is 15. The van der Waals surface area contributed by atoms with E-state index in [-0.39, 0.29) is 51.4 Å². The Balaban J connectivity index is 1.75. The summed E-state index contributed by atoms with van der Waals surface area (Å²) in [7, 11) is 6.52. The monoisotopic (exact) mass is 760 g/mol. The topological polar surface area (TPSA) is 85.8 Å². The number of hydroxylamine groups is 6. The van der Waals surface area contributed by atoms with Gasteiger partial charge < -0.3 is 14.7 Å². The summed E-state index contributed by atoms with van der Waals surface area (Å²) in [6, 6.07) is 0.636. The fourth-order valence-corrected chi connectivity index (χ4v) is 10.4. The predicted octanol–water partition coefficient (Wildman–Crippen LogP) is 8.27. The van der Waals surface area contributed by atoms with Gasteiger partial charge in [0.1, 0.15) is 0 Å². The molecule has 0 aromatic carbocycles. The lowest BCUT2D eigenvalue weighted by molar-refractivity contribution is -0.282. The Bertz CT molecular complexity index is 1150. The lowest BCUT2D eigenvalue weighted by Gasteiger charge is -2.55. The fraction of sp³-hybridized carbons (Fsp3) is 0.929. The highest BCUT2D eigenvalue weighted by Crippen LogP contribution is 2.44. The van der Waals surface area contributed by atoms with Crippen LogP contribution in [0.25, 0.3) is 0 Å². The molecule has 0 radical (unpaired) electrons. The van der Waals surface area contributed by atoms with Crippen molar-refractivity contribution >= 4 is 17.8 Å². The van der Waals surface area contributed by atoms with E-state index in [2.05, 4.69) is 155 Å². The van der Waals surface area contributed by atoms with Gasteiger partial charge in [0.15, 0.2) is 0 Å². The van der Waals surface area contributed by atoms with Crippen LogP contribution in [0, 0.1) is 0 Å². The first kappa shape index (κ1) is 44.9. The Hall–Kier alpha value is -1.83. The van der Waals surface area contributed by atoms with Gasteiger partial charge in [-0.05, 0) is 141 Å². The van der Waals surface area contributed by atoms with Gasteiger partial charge in [0.2, 0.25) is 17.8 Å². The third-order valence-corrected chi connectivity index (χ3v) is 12.2. The molecular weight excluding hydrogens is 679 g/mol. The lowest BCUT2D eigenvalue weighted by Crippen LogP contribution is -2.64. The van der Waals surface area contributed by atoms with Gasteiger partial charge in [0.05, 0.1) is 19.8 Å². The summed E-state index contributed by atoms with van der Waals surface area (Å²) < 4.78 is 0. The average molecular weight is 760 g/mol. The minimum Gasteiger partial charge on any atom is -0.341 e. The molecule has 4 heterocycles. The van der Waals surface area contributed by atoms with Crippen LogP contribution in [0.2, 0.25) is 0 Å². The molecule has 1 aromatic rings. The summed E-state index contributed by atoms with van der Waals surface area (Å²) in [5.74, 6) is 2.16. The van der Waals surface area contributed by atoms with Gasteiger partial charge in [-0.3, -0.25) is 14.5 Å². The van der Waals surface area contributed by atoms with Crippen LogP contribution in [0.15, 0.2) is 0 Å². The van der Waals surface area contributed by atoms with Crippen molar-refractivity contribution in [2.75, 3.05) is 55.7 Å². The van der Waals surface area contributed by atoms with Crippen molar-refractivity contribution in [2.45, 2.75) is 213 Å². The number of anilines is 3. The molecule has 0 unspecified atom stereocenters. The molecule has 0 aliphatic carbocycles. The molecule has 0 spiro atoms. The van der Waals surface area contributed by atoms with E-state index in [1.807, 2.05) is 0 Å². The van der Waals surface area contributed by atoms with Gasteiger partial charge in [-0.2, -0.15) is 30.1 Å². The molecule has 3 aliphatic rings. The van der Waals surface area contributed by atoms with Crippen LogP contribution in [0.5, 0.6) is 0 Å². The van der Waals surface area contributed by atoms with Crippen molar-refractivity contribution in [3.63, 3.8) is 0 Å². The van der Waals surface area contributed by atoms with E-state index in [4.69, 9.17) is 29.5 Å². The fourth-order valence-electron chi connectivity index (χ4n) is 10.4. The molecule has 0 bridgehead atoms. The highest BCUT2D eigenvalue weighted by atomic mass is 16.7. The minimum atomic E-state index is -0.169. The number of aromatic nitrogens is 3. The number of hydrogen-bond acceptors (Lipinski definition) is 12. The Labute approximate surface area is 330 Å². The summed E-state index contributed by atoms with van der Waals surface area (Å²) in [4.78, 5) is 42.1. The van der Waals surface area contributed by atoms with E-state index in [1.54, 1.807) is 0 Å². The van der Waals surface area contributed by atoms with Gasteiger partial charge in [-0.25, -0.2) is 0 Å². The maximum Gasteiger partial charge on any atom is 0.231 e. The van der Waals surface area contributed by atoms with Crippen LogP contribution in [0.4, 0.5) is 17.8 Å². The van der Waals surface area contributed by atoms with E-state index in [1.165, 1.54) is 0 Å². The first-order valence-electron chi connectivity index (χ1n) is 21.1. The van der Waals surface area contributed by atoms with Crippen LogP contribution >= 0.6 is 0 Å². The van der Waals surface area contributed by atoms with Crippen molar-refractivity contribution in [3.05, 3.63) is 0 Å². The maximum atomic E-state index is 6.39. The first-order valence-corrected chi connectivity index (χ1v) is 21.1. The van der Waals surface area contributed by atoms with Crippen LogP contribution in [0.3, 0.4) is 0 Å². The SMILES string of the molecule is CCCON1C(C)(C)CC(N(C)c2nc(N(C)C3CC(C)(C)N(OCCC)C(C)(C)C3)nc(N(C)C3CC(C)(C)N(OCCC)C(C)(C)C3)n2)CC1(C)C. The zero-order valence-electron chi connectivity index (χ0n) is 38.0. The van der Waals surface area contributed by atoms with Gasteiger partial charge in [-0.15, -0.1) is 0 Å². The third kappa shape index (κ3) is 9.64. The van der Waals surface area contributed by atoms with Crippen molar-refractivity contribution in [3.8, 4) is 0 Å². The summed E-state index contributed by atoms with van der Waals surface area (Å²) in [5.41, 5.74) is -1.01. The van der Waals surface area contributed by atoms with Gasteiger partial charge in [-0.1, -0.05) is 20.8 Å². The zero-order valence-corrected chi connectivity index (χ0v) is 38.0. The zero-order chi connectivity index (χ0) is 40.7. The molecule has 0 atom stereocenters. The number of nitrogens with zero attached hydrogens (tertiary/aromatic N) is 9. The molecule has 3 fully saturated rings. The van der Waals surface area contributed by atoms with Crippen LogP contribution in [-0.4, -0.2) is 122 Å². The molecule has 3 aliphatic heterocycles. The summed E-state index contributed by atoms with van der Waals surface area (Å²) in [6.07, 6.45) is 8.52. The smallest absolute Gasteiger partial charge is 0.231 e. The molecule has 12 heteroatoms. The van der Waals surface area contributed by atoms with Gasteiger partial charge in [0, 0.05) is 72.5 Å². The van der Waals surface area contributed by atoms with Crippen LogP contribution in [-0.2, 0) is 14.5 Å². The molecule has 0 amide bonds. The van der Waals surface area contributed by atoms with Crippen molar-refractivity contribution in [2.24, 2.45) is 0 Å². The summed E-state index contributed by atoms with van der Waals surface area (Å²) in [5, 5.41) is 6.75. The Morgan fingerprint density at radius 1 is 0.426 bits per heavy atom. The minimum absolute atomic E-state index is 0.169. The lowest BCUT2D eigenvalue weighted by atomic mass is 9.78. The normalized spacial score (nSPS) is 24.8. The average Bonchev–Trinajstić information content (AvgIpc) is 3.04. The quantitative estimate of drug-likeness (QED) is 0.173. The largest absolute Gasteiger partial charge is 0.341 e. The molecule has 312 valence electrons. The van der Waals surface area contributed by atoms with E-state index in [0.717, 1.165) is 95.5 Å². The van der Waals surface area contributed by atoms with E-state index < -0.39 is 0 Å². The van der Waals surface area contributed by atoms with Crippen molar-refractivity contribution in [1.82, 2.24) is 30.1 Å². The molecule has 1 aromatic heterocycles. The molecule has 0 N–H and O–H groups in total. The maximum absolute atomic E-state index is 6.39. The highest BCUT2D eigenvalue weighted by Gasteiger charge is 2.51. The van der Waals surface area contributed by atoms with Gasteiger partial charge in [0.25, 0.3) is 0 Å². The number of piperidine rings is 3. The molecule has 12 nitrogen and oxygen atoms in total. The van der Waals surface area contributed by atoms with E-state index in [9.17, 15) is 0 Å². The third-order valence-electron chi connectivity index (χ3n) is 12.2. The molecule has 0 saturated carbocycles. The molecule has 54 heavy (non-hydrogen) atoms. The summed E-state index contributed by atoms with van der Waals surface area (Å²) in [6.45, 7) is 36.3. The van der Waals surface area contributed by atoms with E-state index >= 15 is 0 Å². The van der Waals surface area contributed by atoms with Crippen LogP contribution < -0.4 is 14.7 Å². The predicted molar refractivity (Wildman–Crippen MR) is 223 cm³/mol. The van der Waals surface area contributed by atoms with Crippen LogP contribution in [0.1, 0.15) is 162 Å². The second-order valence-electron chi connectivity index (χ2n) is 20.5. The van der Waals surface area contributed by atoms with E-state index in [0.29, 0.717) is 0 Å². The second kappa shape index (κ2) is 16.6. The molecule has 4 rings (SSSR count). The number of hydrogen-bond donors (Lipinski definition) is 0. The van der Waals surface area contributed by atoms with Crippen molar-refractivity contribution in [1.29, 1.82) is 0 Å². The molecule has 3 saturated heterocycles. The van der Waals surface area contributed by atoms with Crippen molar-refractivity contribution < 1.29 is 14.5 Å². The van der Waals surface area contributed by atoms with Gasteiger partial charge >= 0.3 is 0 Å². The Kier molecular flexibility index (Phi) is 13.8. The molecular formula is C42H81N9O3. The first-order chi connectivity index (χ1) is 24.8. The second-order valence-corrected chi connectivity index (χ2v) is 20.5.